The zero-order valence-electron chi connectivity index (χ0n) is 16.7. The van der Waals surface area contributed by atoms with Crippen LogP contribution in [0, 0.1) is 17.0 Å². The molecule has 3 aromatic rings. The number of hydrogen-bond acceptors (Lipinski definition) is 8. The Hall–Kier alpha value is -4.00. The van der Waals surface area contributed by atoms with E-state index in [-0.39, 0.29) is 16.7 Å². The fourth-order valence-electron chi connectivity index (χ4n) is 2.74. The van der Waals surface area contributed by atoms with Gasteiger partial charge in [-0.1, -0.05) is 0 Å². The SMILES string of the molecule is COc1nn([C@@H](C)C(=O)NNC(=S)Nc2ccc3c(C)cc(=O)oc3c2)cc1[N+](=O)[O-]. The maximum atomic E-state index is 12.3. The molecule has 0 aliphatic rings. The smallest absolute Gasteiger partial charge is 0.350 e. The van der Waals surface area contributed by atoms with E-state index in [4.69, 9.17) is 21.4 Å². The molecular formula is C18H18N6O6S. The first-order valence-corrected chi connectivity index (χ1v) is 9.29. The average molecular weight is 446 g/mol. The second kappa shape index (κ2) is 8.79. The number of aryl methyl sites for hydroxylation is 1. The standard InChI is InChI=1S/C18H18N6O6S/c1-9-6-15(25)30-14-7-11(4-5-12(9)14)19-18(31)21-20-16(26)10(2)23-8-13(24(27)28)17(22-23)29-3/h4-8,10H,1-3H3,(H,20,26)(H2,19,21,31)/t10-/m0/s1. The summed E-state index contributed by atoms with van der Waals surface area (Å²) in [5, 5.41) is 18.6. The van der Waals surface area contributed by atoms with Crippen molar-refractivity contribution in [2.45, 2.75) is 19.9 Å². The number of aromatic nitrogens is 2. The molecule has 1 aromatic carbocycles. The topological polar surface area (TPSA) is 154 Å². The van der Waals surface area contributed by atoms with Crippen LogP contribution < -0.4 is 26.5 Å². The van der Waals surface area contributed by atoms with Crippen LogP contribution in [-0.4, -0.2) is 32.8 Å². The van der Waals surface area contributed by atoms with E-state index in [1.807, 2.05) is 0 Å². The molecule has 0 saturated carbocycles. The molecular weight excluding hydrogens is 428 g/mol. The molecule has 12 nitrogen and oxygen atoms in total. The summed E-state index contributed by atoms with van der Waals surface area (Å²) in [6.45, 7) is 3.30. The van der Waals surface area contributed by atoms with Gasteiger partial charge in [-0.3, -0.25) is 25.8 Å². The Morgan fingerprint density at radius 3 is 2.74 bits per heavy atom. The van der Waals surface area contributed by atoms with E-state index in [0.29, 0.717) is 11.3 Å². The van der Waals surface area contributed by atoms with Gasteiger partial charge in [0.1, 0.15) is 17.8 Å². The second-order valence-corrected chi connectivity index (χ2v) is 6.87. The number of thiocarbonyl (C=S) groups is 1. The van der Waals surface area contributed by atoms with Crippen molar-refractivity contribution in [2.75, 3.05) is 12.4 Å². The first-order valence-electron chi connectivity index (χ1n) is 8.88. The third kappa shape index (κ3) is 4.78. The van der Waals surface area contributed by atoms with E-state index in [9.17, 15) is 19.7 Å². The van der Waals surface area contributed by atoms with Gasteiger partial charge in [0.25, 0.3) is 5.91 Å². The van der Waals surface area contributed by atoms with Crippen molar-refractivity contribution < 1.29 is 18.9 Å². The Kier molecular flexibility index (Phi) is 6.15. The summed E-state index contributed by atoms with van der Waals surface area (Å²) >= 11 is 5.15. The summed E-state index contributed by atoms with van der Waals surface area (Å²) in [5.74, 6) is -0.752. The number of nitro groups is 1. The van der Waals surface area contributed by atoms with Gasteiger partial charge in [-0.25, -0.2) is 9.48 Å². The van der Waals surface area contributed by atoms with Gasteiger partial charge < -0.3 is 14.5 Å². The molecule has 0 bridgehead atoms. The van der Waals surface area contributed by atoms with Crippen LogP contribution in [0.1, 0.15) is 18.5 Å². The van der Waals surface area contributed by atoms with E-state index >= 15 is 0 Å². The Balaban J connectivity index is 1.63. The molecule has 1 amide bonds. The number of carbonyl (C=O) groups excluding carboxylic acids is 1. The predicted octanol–water partition coefficient (Wildman–Crippen LogP) is 1.79. The summed E-state index contributed by atoms with van der Waals surface area (Å²) in [6.07, 6.45) is 1.10. The van der Waals surface area contributed by atoms with Crippen LogP contribution in [0.25, 0.3) is 11.0 Å². The molecule has 0 aliphatic carbocycles. The molecule has 2 heterocycles. The van der Waals surface area contributed by atoms with Crippen molar-refractivity contribution in [2.24, 2.45) is 0 Å². The Bertz CT molecular complexity index is 1240. The van der Waals surface area contributed by atoms with Gasteiger partial charge in [-0.05, 0) is 43.8 Å². The lowest BCUT2D eigenvalue weighted by Gasteiger charge is -2.15. The fourth-order valence-corrected chi connectivity index (χ4v) is 2.91. The number of nitrogens with zero attached hydrogens (tertiary/aromatic N) is 3. The average Bonchev–Trinajstić information content (AvgIpc) is 3.16. The number of rotatable bonds is 5. The number of benzene rings is 1. The number of nitrogens with one attached hydrogen (secondary N) is 3. The summed E-state index contributed by atoms with van der Waals surface area (Å²) in [5.41, 5.74) is 5.83. The van der Waals surface area contributed by atoms with Crippen LogP contribution in [0.5, 0.6) is 5.88 Å². The van der Waals surface area contributed by atoms with Crippen LogP contribution in [-0.2, 0) is 4.79 Å². The van der Waals surface area contributed by atoms with Crippen molar-refractivity contribution in [1.82, 2.24) is 20.6 Å². The predicted molar refractivity (Wildman–Crippen MR) is 115 cm³/mol. The fraction of sp³-hybridized carbons (Fsp3) is 0.222. The van der Waals surface area contributed by atoms with Crippen molar-refractivity contribution in [3.63, 3.8) is 0 Å². The third-order valence-electron chi connectivity index (χ3n) is 4.35. The lowest BCUT2D eigenvalue weighted by molar-refractivity contribution is -0.385. The Morgan fingerprint density at radius 1 is 1.35 bits per heavy atom. The quantitative estimate of drug-likeness (QED) is 0.229. The molecule has 0 unspecified atom stereocenters. The lowest BCUT2D eigenvalue weighted by Crippen LogP contribution is -2.46. The van der Waals surface area contributed by atoms with Crippen molar-refractivity contribution in [3.05, 3.63) is 56.6 Å². The largest absolute Gasteiger partial charge is 0.475 e. The maximum absolute atomic E-state index is 12.3. The summed E-state index contributed by atoms with van der Waals surface area (Å²) in [4.78, 5) is 34.2. The molecule has 3 N–H and O–H groups in total. The molecule has 0 aliphatic heterocycles. The number of methoxy groups -OCH3 is 1. The van der Waals surface area contributed by atoms with Crippen molar-refractivity contribution in [1.29, 1.82) is 0 Å². The van der Waals surface area contributed by atoms with Gasteiger partial charge in [0.15, 0.2) is 5.11 Å². The lowest BCUT2D eigenvalue weighted by atomic mass is 10.1. The minimum Gasteiger partial charge on any atom is -0.475 e. The van der Waals surface area contributed by atoms with Gasteiger partial charge in [0, 0.05) is 23.2 Å². The highest BCUT2D eigenvalue weighted by Crippen LogP contribution is 2.26. The molecule has 162 valence electrons. The van der Waals surface area contributed by atoms with Gasteiger partial charge >= 0.3 is 17.2 Å². The molecule has 13 heteroatoms. The Morgan fingerprint density at radius 2 is 2.10 bits per heavy atom. The summed E-state index contributed by atoms with van der Waals surface area (Å²) in [7, 11) is 1.25. The monoisotopic (exact) mass is 446 g/mol. The number of hydrazine groups is 1. The van der Waals surface area contributed by atoms with Crippen LogP contribution in [0.15, 0.2) is 39.7 Å². The van der Waals surface area contributed by atoms with Crippen molar-refractivity contribution in [3.8, 4) is 5.88 Å². The highest BCUT2D eigenvalue weighted by atomic mass is 32.1. The van der Waals surface area contributed by atoms with Gasteiger partial charge in [-0.15, -0.1) is 5.10 Å². The normalized spacial score (nSPS) is 11.6. The third-order valence-corrected chi connectivity index (χ3v) is 4.56. The first kappa shape index (κ1) is 21.7. The summed E-state index contributed by atoms with van der Waals surface area (Å²) < 4.78 is 11.1. The first-order chi connectivity index (χ1) is 14.7. The zero-order valence-corrected chi connectivity index (χ0v) is 17.5. The number of fused-ring (bicyclic) bond motifs is 1. The number of ether oxygens (including phenoxy) is 1. The minimum atomic E-state index is -0.893. The van der Waals surface area contributed by atoms with Crippen LogP contribution in [0.2, 0.25) is 0 Å². The zero-order chi connectivity index (χ0) is 22.7. The highest BCUT2D eigenvalue weighted by Gasteiger charge is 2.25. The van der Waals surface area contributed by atoms with E-state index in [1.54, 1.807) is 25.1 Å². The van der Waals surface area contributed by atoms with Crippen LogP contribution in [0.4, 0.5) is 11.4 Å². The molecule has 0 radical (unpaired) electrons. The van der Waals surface area contributed by atoms with Gasteiger partial charge in [0.2, 0.25) is 0 Å². The van der Waals surface area contributed by atoms with Gasteiger partial charge in [0.05, 0.1) is 12.0 Å². The van der Waals surface area contributed by atoms with E-state index < -0.39 is 22.5 Å². The van der Waals surface area contributed by atoms with Crippen LogP contribution >= 0.6 is 12.2 Å². The molecule has 1 atom stereocenters. The van der Waals surface area contributed by atoms with E-state index in [1.165, 1.54) is 20.1 Å². The van der Waals surface area contributed by atoms with E-state index in [2.05, 4.69) is 21.3 Å². The number of carbonyl (C=O) groups is 1. The molecule has 2 aromatic heterocycles. The molecule has 3 rings (SSSR count). The van der Waals surface area contributed by atoms with E-state index in [0.717, 1.165) is 21.8 Å². The highest BCUT2D eigenvalue weighted by molar-refractivity contribution is 7.80. The number of amides is 1. The molecule has 0 fully saturated rings. The maximum Gasteiger partial charge on any atom is 0.350 e. The molecule has 31 heavy (non-hydrogen) atoms. The number of hydrogen-bond donors (Lipinski definition) is 3. The minimum absolute atomic E-state index is 0.0685. The Labute approximate surface area is 180 Å². The van der Waals surface area contributed by atoms with Crippen molar-refractivity contribution >= 4 is 45.6 Å². The molecule has 0 saturated heterocycles. The van der Waals surface area contributed by atoms with Crippen LogP contribution in [0.3, 0.4) is 0 Å². The molecule has 0 spiro atoms. The van der Waals surface area contributed by atoms with Gasteiger partial charge in [-0.2, -0.15) is 0 Å². The summed E-state index contributed by atoms with van der Waals surface area (Å²) in [6, 6.07) is 5.63. The number of anilines is 1. The second-order valence-electron chi connectivity index (χ2n) is 6.46.